The Morgan fingerprint density at radius 2 is 1.06 bits per heavy atom. The fraction of sp³-hybridized carbons (Fsp3) is 0. The SMILES string of the molecule is O=C(OS(=O)(=O)O)OS(=O)(=O)O.[Ca+2].[Ca+2].[H-].[H-].[H-].[H-].[Zn].[Zn]. The fourth-order valence-corrected chi connectivity index (χ4v) is 0.641. The largest absolute Gasteiger partial charge is 2.00 e. The molecule has 0 aromatic rings. The maximum atomic E-state index is 9.95. The van der Waals surface area contributed by atoms with Crippen LogP contribution in [0, 0.1) is 0 Å². The van der Waals surface area contributed by atoms with Gasteiger partial charge < -0.3 is 5.71 Å². The third kappa shape index (κ3) is 25.6. The van der Waals surface area contributed by atoms with Crippen molar-refractivity contribution in [3.8, 4) is 0 Å². The van der Waals surface area contributed by atoms with Gasteiger partial charge >= 0.3 is 102 Å². The van der Waals surface area contributed by atoms with Crippen molar-refractivity contribution in [3.63, 3.8) is 0 Å². The number of hydrogen-bond acceptors (Lipinski definition) is 7. The van der Waals surface area contributed by atoms with Gasteiger partial charge in [0.25, 0.3) is 0 Å². The van der Waals surface area contributed by atoms with Gasteiger partial charge in [-0.05, 0) is 0 Å². The van der Waals surface area contributed by atoms with E-state index in [-0.39, 0.29) is 120 Å². The van der Waals surface area contributed by atoms with E-state index >= 15 is 0 Å². The van der Waals surface area contributed by atoms with Crippen molar-refractivity contribution in [1.29, 1.82) is 0 Å². The molecule has 0 saturated heterocycles. The zero-order valence-corrected chi connectivity index (χ0v) is 19.9. The Labute approximate surface area is 183 Å². The van der Waals surface area contributed by atoms with Crippen LogP contribution in [0.5, 0.6) is 0 Å². The van der Waals surface area contributed by atoms with Gasteiger partial charge in [-0.25, -0.2) is 4.79 Å². The number of rotatable bonds is 2. The molecule has 9 nitrogen and oxygen atoms in total. The minimum absolute atomic E-state index is 0. The van der Waals surface area contributed by atoms with E-state index in [2.05, 4.69) is 8.37 Å². The van der Waals surface area contributed by atoms with E-state index < -0.39 is 27.0 Å². The molecule has 2 N–H and O–H groups in total. The standard InChI is InChI=1S/CH2O9S2.2Ca.2Zn.4H/c2-1(9-11(3,4)5)10-12(6,7)8;;;;;;;;/h(H,3,4,5)(H,6,7,8);;;;;;;;/q;2*+2;;;4*-1. The van der Waals surface area contributed by atoms with Gasteiger partial charge in [0, 0.05) is 39.0 Å². The summed E-state index contributed by atoms with van der Waals surface area (Å²) in [5.74, 6) is 0. The normalized spacial score (nSPS) is 9.12. The van der Waals surface area contributed by atoms with Gasteiger partial charge in [-0.1, -0.05) is 0 Å². The molecule has 0 rings (SSSR count). The minimum Gasteiger partial charge on any atom is -1.00 e. The van der Waals surface area contributed by atoms with Gasteiger partial charge in [-0.3, -0.25) is 17.5 Å². The molecule has 0 saturated carbocycles. The molecule has 15 heteroatoms. The van der Waals surface area contributed by atoms with Crippen LogP contribution >= 0.6 is 0 Å². The zero-order valence-electron chi connectivity index (χ0n) is 11.9. The average Bonchev–Trinajstić information content (AvgIpc) is 1.49. The van der Waals surface area contributed by atoms with Crippen LogP contribution in [-0.4, -0.2) is 108 Å². The zero-order chi connectivity index (χ0) is 9.99. The number of carbonyl (C=O) groups excluding carboxylic acids is 1. The Balaban J connectivity index is -0.0000000216. The second-order valence-electron chi connectivity index (χ2n) is 1.27. The Hall–Kier alpha value is 2.86. The molecule has 0 fully saturated rings. The third-order valence-corrected chi connectivity index (χ3v) is 1.04. The van der Waals surface area contributed by atoms with E-state index in [9.17, 15) is 21.6 Å². The van der Waals surface area contributed by atoms with E-state index in [1.165, 1.54) is 0 Å². The summed E-state index contributed by atoms with van der Waals surface area (Å²) in [7, 11) is -10.3. The summed E-state index contributed by atoms with van der Waals surface area (Å²) in [6.07, 6.45) is -2.29. The molecular formula is CH6Ca2O9S2Zn2. The Morgan fingerprint density at radius 1 is 0.875 bits per heavy atom. The van der Waals surface area contributed by atoms with Crippen LogP contribution in [0.15, 0.2) is 0 Å². The van der Waals surface area contributed by atoms with Gasteiger partial charge in [0.15, 0.2) is 0 Å². The smallest absolute Gasteiger partial charge is 1.00 e. The summed E-state index contributed by atoms with van der Waals surface area (Å²) in [5.41, 5.74) is 0. The van der Waals surface area contributed by atoms with Crippen LogP contribution in [0.3, 0.4) is 0 Å². The Morgan fingerprint density at radius 3 is 1.19 bits per heavy atom. The predicted molar refractivity (Wildman–Crippen MR) is 46.6 cm³/mol. The van der Waals surface area contributed by atoms with Gasteiger partial charge in [0.05, 0.1) is 0 Å². The van der Waals surface area contributed by atoms with Crippen molar-refractivity contribution in [2.24, 2.45) is 0 Å². The summed E-state index contributed by atoms with van der Waals surface area (Å²) in [4.78, 5) is 9.95. The predicted octanol–water partition coefficient (Wildman–Crippen LogP) is -1.57. The maximum absolute atomic E-state index is 9.95. The molecule has 0 bridgehead atoms. The quantitative estimate of drug-likeness (QED) is 0.387. The van der Waals surface area contributed by atoms with Gasteiger partial charge in [0.2, 0.25) is 0 Å². The summed E-state index contributed by atoms with van der Waals surface area (Å²) >= 11 is 0. The van der Waals surface area contributed by atoms with Crippen molar-refractivity contribution < 1.29 is 83.8 Å². The van der Waals surface area contributed by atoms with E-state index in [0.29, 0.717) is 0 Å². The topological polar surface area (TPSA) is 144 Å². The molecule has 84 valence electrons. The summed E-state index contributed by atoms with van der Waals surface area (Å²) in [6, 6.07) is 0. The molecule has 0 atom stereocenters. The van der Waals surface area contributed by atoms with Gasteiger partial charge in [-0.2, -0.15) is 16.8 Å². The van der Waals surface area contributed by atoms with Crippen molar-refractivity contribution in [3.05, 3.63) is 0 Å². The van der Waals surface area contributed by atoms with E-state index in [4.69, 9.17) is 9.11 Å². The average molecular weight is 437 g/mol. The molecule has 16 heavy (non-hydrogen) atoms. The van der Waals surface area contributed by atoms with Crippen molar-refractivity contribution >= 4 is 102 Å². The monoisotopic (exact) mass is 434 g/mol. The minimum atomic E-state index is -5.15. The summed E-state index contributed by atoms with van der Waals surface area (Å²) in [5, 5.41) is 0. The molecule has 0 amide bonds. The van der Waals surface area contributed by atoms with Crippen LogP contribution in [0.4, 0.5) is 4.79 Å². The van der Waals surface area contributed by atoms with Crippen LogP contribution in [-0.2, 0) is 68.1 Å². The molecular weight excluding hydrogens is 431 g/mol. The molecule has 0 aromatic carbocycles. The van der Waals surface area contributed by atoms with E-state index in [1.807, 2.05) is 0 Å². The number of hydrogen-bond donors (Lipinski definition) is 2. The van der Waals surface area contributed by atoms with Crippen LogP contribution in [0.2, 0.25) is 0 Å². The van der Waals surface area contributed by atoms with Crippen LogP contribution in [0.25, 0.3) is 0 Å². The van der Waals surface area contributed by atoms with Crippen molar-refractivity contribution in [1.82, 2.24) is 0 Å². The van der Waals surface area contributed by atoms with Crippen molar-refractivity contribution in [2.75, 3.05) is 0 Å². The van der Waals surface area contributed by atoms with Gasteiger partial charge in [-0.15, -0.1) is 0 Å². The van der Waals surface area contributed by atoms with E-state index in [1.54, 1.807) is 0 Å². The van der Waals surface area contributed by atoms with E-state index in [0.717, 1.165) is 0 Å². The second kappa shape index (κ2) is 12.9. The van der Waals surface area contributed by atoms with Crippen molar-refractivity contribution in [2.45, 2.75) is 0 Å². The van der Waals surface area contributed by atoms with Crippen LogP contribution < -0.4 is 0 Å². The molecule has 0 radical (unpaired) electrons. The van der Waals surface area contributed by atoms with Crippen LogP contribution in [0.1, 0.15) is 5.71 Å². The Bertz CT molecular complexity index is 351. The fourth-order valence-electron chi connectivity index (χ4n) is 0.186. The molecule has 0 aromatic heterocycles. The number of carbonyl (C=O) groups is 1. The maximum Gasteiger partial charge on any atom is 2.00 e. The molecule has 0 unspecified atom stereocenters. The summed E-state index contributed by atoms with van der Waals surface area (Å²) < 4.78 is 60.1. The first-order valence-corrected chi connectivity index (χ1v) is 4.71. The first-order valence-electron chi connectivity index (χ1n) is 1.98. The first kappa shape index (κ1) is 31.3. The third-order valence-electron chi connectivity index (χ3n) is 0.347. The van der Waals surface area contributed by atoms with Gasteiger partial charge in [0.1, 0.15) is 0 Å². The second-order valence-corrected chi connectivity index (χ2v) is 3.32. The molecule has 0 spiro atoms. The molecule has 0 aliphatic carbocycles. The molecule has 0 aliphatic heterocycles. The first-order chi connectivity index (χ1) is 5.10. The molecule has 0 aliphatic rings. The molecule has 0 heterocycles. The summed E-state index contributed by atoms with van der Waals surface area (Å²) in [6.45, 7) is 0. The Kier molecular flexibility index (Phi) is 25.2.